The standard InChI is InChI=1S/C48H57N3O17S4/c1-47(2)41(50(22-11-7-10-15-43(52)53)38-18-16-33-35(44(38)47)27-31(70(58,59)60)29-37(33)46(54)49-21-24-67-4)13-8-6-9-14-42-48(3,20-12-26-69(55,56)57)45-36-28-32(71(61,62)63)30-40(72(64,65)66)34(36)17-19-39(45)51(42)23-25-68-5/h6,8-9,13-14,16-19,27-30H,7,10-12,15,20-26H2,1-5H3,(H5-,49,52,53,54,55,56,57,58,59,60,61,62,63,64,65,66)/p+1. The molecule has 4 aromatic rings. The van der Waals surface area contributed by atoms with Crippen LogP contribution in [0, 0.1) is 0 Å². The molecular formula is C48H58N3O17S4+. The number of aliphatic carboxylic acids is 1. The lowest BCUT2D eigenvalue weighted by Gasteiger charge is -2.30. The Morgan fingerprint density at radius 3 is 1.97 bits per heavy atom. The van der Waals surface area contributed by atoms with Crippen LogP contribution in [-0.2, 0) is 65.6 Å². The predicted octanol–water partition coefficient (Wildman–Crippen LogP) is 6.22. The van der Waals surface area contributed by atoms with E-state index in [9.17, 15) is 66.6 Å². The first-order chi connectivity index (χ1) is 33.6. The Morgan fingerprint density at radius 2 is 1.36 bits per heavy atom. The maximum absolute atomic E-state index is 13.5. The number of hydrogen-bond acceptors (Lipinski definition) is 13. The molecule has 390 valence electrons. The Morgan fingerprint density at radius 1 is 0.722 bits per heavy atom. The van der Waals surface area contributed by atoms with E-state index in [0.29, 0.717) is 70.8 Å². The molecule has 0 spiro atoms. The molecule has 20 nitrogen and oxygen atoms in total. The Hall–Kier alpha value is -5.41. The summed E-state index contributed by atoms with van der Waals surface area (Å²) in [5.74, 6) is -2.16. The molecule has 1 atom stereocenters. The molecule has 0 saturated carbocycles. The van der Waals surface area contributed by atoms with E-state index in [4.69, 9.17) is 9.47 Å². The lowest BCUT2D eigenvalue weighted by atomic mass is 9.75. The molecule has 24 heteroatoms. The van der Waals surface area contributed by atoms with Crippen molar-refractivity contribution in [2.75, 3.05) is 57.7 Å². The number of carbonyl (C=O) groups is 2. The number of allylic oxidation sites excluding steroid dienone is 6. The van der Waals surface area contributed by atoms with E-state index in [2.05, 4.69) is 5.32 Å². The average Bonchev–Trinajstić information content (AvgIpc) is 3.64. The molecule has 6 N–H and O–H groups in total. The molecule has 1 unspecified atom stereocenters. The Kier molecular flexibility index (Phi) is 16.8. The fourth-order valence-electron chi connectivity index (χ4n) is 9.84. The van der Waals surface area contributed by atoms with Crippen molar-refractivity contribution in [3.05, 3.63) is 101 Å². The van der Waals surface area contributed by atoms with Crippen LogP contribution < -0.4 is 10.2 Å². The summed E-state index contributed by atoms with van der Waals surface area (Å²) in [4.78, 5) is 24.6. The second-order valence-electron chi connectivity index (χ2n) is 18.2. The number of benzene rings is 4. The Balaban J connectivity index is 1.51. The Bertz CT molecular complexity index is 3420. The van der Waals surface area contributed by atoms with Crippen LogP contribution in [0.25, 0.3) is 21.5 Å². The van der Waals surface area contributed by atoms with Crippen molar-refractivity contribution in [3.8, 4) is 0 Å². The highest BCUT2D eigenvalue weighted by Gasteiger charge is 2.47. The molecule has 0 aromatic heterocycles. The van der Waals surface area contributed by atoms with Crippen molar-refractivity contribution < 1.29 is 80.6 Å². The van der Waals surface area contributed by atoms with Crippen molar-refractivity contribution in [2.45, 2.75) is 84.8 Å². The van der Waals surface area contributed by atoms with Crippen LogP contribution in [0.3, 0.4) is 0 Å². The van der Waals surface area contributed by atoms with Crippen molar-refractivity contribution in [1.29, 1.82) is 0 Å². The van der Waals surface area contributed by atoms with Gasteiger partial charge in [0.15, 0.2) is 5.71 Å². The van der Waals surface area contributed by atoms with E-state index < -0.39 is 83.6 Å². The molecule has 2 heterocycles. The summed E-state index contributed by atoms with van der Waals surface area (Å²) >= 11 is 0. The quantitative estimate of drug-likeness (QED) is 0.0208. The van der Waals surface area contributed by atoms with Crippen LogP contribution in [-0.4, -0.2) is 132 Å². The second-order valence-corrected chi connectivity index (χ2v) is 24.0. The zero-order valence-corrected chi connectivity index (χ0v) is 43.4. The monoisotopic (exact) mass is 1080 g/mol. The molecule has 6 rings (SSSR count). The fourth-order valence-corrected chi connectivity index (χ4v) is 12.2. The van der Waals surface area contributed by atoms with Gasteiger partial charge in [0.05, 0.1) is 34.2 Å². The first-order valence-corrected chi connectivity index (χ1v) is 28.5. The van der Waals surface area contributed by atoms with Gasteiger partial charge in [0.2, 0.25) is 5.69 Å². The number of carbonyl (C=O) groups excluding carboxylic acids is 1. The molecule has 72 heavy (non-hydrogen) atoms. The largest absolute Gasteiger partial charge is 0.481 e. The maximum atomic E-state index is 13.5. The number of unbranched alkanes of at least 4 members (excludes halogenated alkanes) is 2. The minimum atomic E-state index is -5.08. The molecule has 0 radical (unpaired) electrons. The molecule has 0 fully saturated rings. The molecule has 0 aliphatic carbocycles. The van der Waals surface area contributed by atoms with Crippen molar-refractivity contribution >= 4 is 91.0 Å². The summed E-state index contributed by atoms with van der Waals surface area (Å²) in [5, 5.41) is 12.7. The highest BCUT2D eigenvalue weighted by molar-refractivity contribution is 7.87. The minimum absolute atomic E-state index is 0.00475. The molecular weight excluding hydrogens is 1020 g/mol. The number of anilines is 1. The highest BCUT2D eigenvalue weighted by Crippen LogP contribution is 2.54. The van der Waals surface area contributed by atoms with Crippen LogP contribution in [0.2, 0.25) is 0 Å². The van der Waals surface area contributed by atoms with Crippen LogP contribution in [0.15, 0.2) is 99.3 Å². The normalized spacial score (nSPS) is 17.8. The SMILES string of the molecule is COCCNC(=O)c1cc(S(=O)(=O)O)cc2c3c(ccc12)[N+](CCCCCC(=O)O)=C(/C=C/C=C/C=C1/N(CCOC)c2ccc4c(S(=O)(=O)O)cc(S(=O)(=O)O)cc4c2C1(C)CCCS(=O)(=O)O)C3(C)C. The van der Waals surface area contributed by atoms with Gasteiger partial charge in [0, 0.05) is 85.6 Å². The number of carboxylic acids is 1. The third-order valence-corrected chi connectivity index (χ3v) is 16.4. The fraction of sp³-hybridized carbons (Fsp3) is 0.396. The third-order valence-electron chi connectivity index (χ3n) is 13.0. The summed E-state index contributed by atoms with van der Waals surface area (Å²) in [5.41, 5.74) is 1.29. The second kappa shape index (κ2) is 21.6. The van der Waals surface area contributed by atoms with E-state index in [1.807, 2.05) is 35.5 Å². The topological polar surface area (TPSA) is 309 Å². The van der Waals surface area contributed by atoms with Gasteiger partial charge in [-0.05, 0) is 111 Å². The number of nitrogens with zero attached hydrogens (tertiary/aromatic N) is 2. The summed E-state index contributed by atoms with van der Waals surface area (Å²) < 4.78 is 153. The third kappa shape index (κ3) is 12.0. The van der Waals surface area contributed by atoms with Gasteiger partial charge in [-0.25, -0.2) is 0 Å². The number of fused-ring (bicyclic) bond motifs is 6. The number of methoxy groups -OCH3 is 2. The van der Waals surface area contributed by atoms with Crippen molar-refractivity contribution in [3.63, 3.8) is 0 Å². The zero-order valence-electron chi connectivity index (χ0n) is 40.2. The van der Waals surface area contributed by atoms with Gasteiger partial charge in [-0.1, -0.05) is 24.3 Å². The summed E-state index contributed by atoms with van der Waals surface area (Å²) in [6, 6.07) is 10.7. The van der Waals surface area contributed by atoms with Crippen molar-refractivity contribution in [1.82, 2.24) is 5.32 Å². The number of nitrogens with one attached hydrogen (secondary N) is 1. The van der Waals surface area contributed by atoms with E-state index in [1.165, 1.54) is 26.4 Å². The number of carboxylic acid groups (broad SMARTS) is 1. The van der Waals surface area contributed by atoms with E-state index >= 15 is 0 Å². The van der Waals surface area contributed by atoms with Crippen LogP contribution in [0.4, 0.5) is 11.4 Å². The molecule has 0 saturated heterocycles. The zero-order chi connectivity index (χ0) is 53.2. The lowest BCUT2D eigenvalue weighted by Crippen LogP contribution is -2.31. The lowest BCUT2D eigenvalue weighted by molar-refractivity contribution is -0.438. The van der Waals surface area contributed by atoms with Gasteiger partial charge < -0.3 is 24.8 Å². The number of rotatable bonds is 23. The smallest absolute Gasteiger partial charge is 0.303 e. The van der Waals surface area contributed by atoms with Gasteiger partial charge in [-0.2, -0.15) is 38.2 Å². The van der Waals surface area contributed by atoms with Gasteiger partial charge in [-0.15, -0.1) is 0 Å². The maximum Gasteiger partial charge on any atom is 0.303 e. The number of hydrogen-bond donors (Lipinski definition) is 6. The molecule has 0 bridgehead atoms. The van der Waals surface area contributed by atoms with Crippen molar-refractivity contribution in [2.24, 2.45) is 0 Å². The molecule has 1 amide bonds. The van der Waals surface area contributed by atoms with Crippen LogP contribution in [0.5, 0.6) is 0 Å². The molecule has 4 aromatic carbocycles. The molecule has 2 aliphatic heterocycles. The predicted molar refractivity (Wildman–Crippen MR) is 269 cm³/mol. The number of amides is 1. The average molecular weight is 1080 g/mol. The summed E-state index contributed by atoms with van der Waals surface area (Å²) in [6.45, 7) is 6.66. The Labute approximate surface area is 418 Å². The van der Waals surface area contributed by atoms with Gasteiger partial charge in [-0.3, -0.25) is 27.8 Å². The van der Waals surface area contributed by atoms with Crippen LogP contribution >= 0.6 is 0 Å². The van der Waals surface area contributed by atoms with E-state index in [0.717, 1.165) is 17.8 Å². The first kappa shape index (κ1) is 55.9. The number of ether oxygens (including phenoxy) is 2. The summed E-state index contributed by atoms with van der Waals surface area (Å²) in [6.07, 6.45) is 10.2. The van der Waals surface area contributed by atoms with Gasteiger partial charge in [0.1, 0.15) is 11.4 Å². The molecule has 2 aliphatic rings. The van der Waals surface area contributed by atoms with Crippen LogP contribution in [0.1, 0.15) is 80.8 Å². The van der Waals surface area contributed by atoms with E-state index in [1.54, 1.807) is 43.4 Å². The van der Waals surface area contributed by atoms with Gasteiger partial charge in [0.25, 0.3) is 46.4 Å². The summed E-state index contributed by atoms with van der Waals surface area (Å²) in [7, 11) is -16.4. The van der Waals surface area contributed by atoms with Gasteiger partial charge >= 0.3 is 5.97 Å². The minimum Gasteiger partial charge on any atom is -0.481 e. The highest BCUT2D eigenvalue weighted by atomic mass is 32.2. The van der Waals surface area contributed by atoms with E-state index in [-0.39, 0.29) is 61.9 Å². The first-order valence-electron chi connectivity index (χ1n) is 22.6.